The maximum Gasteiger partial charge on any atom is 0.224 e. The number of rotatable bonds is 6. The quantitative estimate of drug-likeness (QED) is 0.640. The molecule has 0 spiro atoms. The molecule has 0 aromatic rings. The summed E-state index contributed by atoms with van der Waals surface area (Å²) in [6.45, 7) is 5.41. The predicted octanol–water partition coefficient (Wildman–Crippen LogP) is -0.196. The summed E-state index contributed by atoms with van der Waals surface area (Å²) in [6.07, 6.45) is 1.00. The highest BCUT2D eigenvalue weighted by Crippen LogP contribution is 1.99. The van der Waals surface area contributed by atoms with Crippen LogP contribution >= 0.6 is 0 Å². The minimum absolute atomic E-state index is 0.139. The normalized spacial score (nSPS) is 16.2. The molecule has 0 aromatic carbocycles. The maximum atomic E-state index is 11.7. The third-order valence-electron chi connectivity index (χ3n) is 2.60. The zero-order valence-corrected chi connectivity index (χ0v) is 9.83. The van der Waals surface area contributed by atoms with Gasteiger partial charge >= 0.3 is 0 Å². The van der Waals surface area contributed by atoms with Crippen molar-refractivity contribution in [3.63, 3.8) is 0 Å². The van der Waals surface area contributed by atoms with Gasteiger partial charge < -0.3 is 15.0 Å². The fraction of sp³-hybridized carbons (Fsp3) is 0.818. The Labute approximate surface area is 96.1 Å². The van der Waals surface area contributed by atoms with Gasteiger partial charge in [-0.3, -0.25) is 9.59 Å². The molecule has 1 rings (SSSR count). The molecule has 0 unspecified atom stereocenters. The third-order valence-corrected chi connectivity index (χ3v) is 2.60. The molecular formula is C11H20N2O3. The minimum Gasteiger partial charge on any atom is -0.378 e. The van der Waals surface area contributed by atoms with Gasteiger partial charge in [-0.05, 0) is 0 Å². The Balaban J connectivity index is 2.07. The zero-order chi connectivity index (χ0) is 11.8. The van der Waals surface area contributed by atoms with Crippen molar-refractivity contribution in [3.05, 3.63) is 0 Å². The van der Waals surface area contributed by atoms with Gasteiger partial charge in [-0.2, -0.15) is 0 Å². The predicted molar refractivity (Wildman–Crippen MR) is 60.2 cm³/mol. The van der Waals surface area contributed by atoms with E-state index >= 15 is 0 Å². The van der Waals surface area contributed by atoms with E-state index in [9.17, 15) is 9.59 Å². The molecule has 0 bridgehead atoms. The number of morpholine rings is 1. The van der Waals surface area contributed by atoms with E-state index < -0.39 is 0 Å². The van der Waals surface area contributed by atoms with Crippen molar-refractivity contribution >= 4 is 11.7 Å². The number of amides is 1. The van der Waals surface area contributed by atoms with E-state index in [0.717, 1.165) is 0 Å². The number of hydrogen-bond acceptors (Lipinski definition) is 4. The molecule has 1 heterocycles. The number of ether oxygens (including phenoxy) is 1. The van der Waals surface area contributed by atoms with Gasteiger partial charge in [0.2, 0.25) is 5.91 Å². The van der Waals surface area contributed by atoms with Crippen LogP contribution in [0.25, 0.3) is 0 Å². The first-order valence-electron chi connectivity index (χ1n) is 5.82. The van der Waals surface area contributed by atoms with Gasteiger partial charge in [0, 0.05) is 32.5 Å². The highest BCUT2D eigenvalue weighted by molar-refractivity contribution is 5.80. The molecular weight excluding hydrogens is 208 g/mol. The van der Waals surface area contributed by atoms with E-state index in [0.29, 0.717) is 52.2 Å². The van der Waals surface area contributed by atoms with Crippen LogP contribution < -0.4 is 5.32 Å². The Hall–Kier alpha value is -0.940. The van der Waals surface area contributed by atoms with Gasteiger partial charge in [0.1, 0.15) is 5.78 Å². The second kappa shape index (κ2) is 7.35. The van der Waals surface area contributed by atoms with Gasteiger partial charge in [-0.25, -0.2) is 0 Å². The summed E-state index contributed by atoms with van der Waals surface area (Å²) >= 11 is 0. The Morgan fingerprint density at radius 3 is 2.62 bits per heavy atom. The molecule has 1 amide bonds. The molecule has 92 valence electrons. The van der Waals surface area contributed by atoms with Crippen LogP contribution in [0.1, 0.15) is 19.8 Å². The van der Waals surface area contributed by atoms with Crippen LogP contribution in [0.15, 0.2) is 0 Å². The van der Waals surface area contributed by atoms with Crippen LogP contribution in [0.5, 0.6) is 0 Å². The maximum absolute atomic E-state index is 11.7. The molecule has 0 atom stereocenters. The standard InChI is InChI=1S/C11H20N2O3/c1-2-10(14)9-12-4-3-11(15)13-5-7-16-8-6-13/h12H,2-9H2,1H3. The number of hydrogen-bond donors (Lipinski definition) is 1. The average molecular weight is 228 g/mol. The lowest BCUT2D eigenvalue weighted by Crippen LogP contribution is -2.41. The molecule has 0 saturated carbocycles. The number of carbonyl (C=O) groups excluding carboxylic acids is 2. The van der Waals surface area contributed by atoms with E-state index in [-0.39, 0.29) is 11.7 Å². The molecule has 1 saturated heterocycles. The highest BCUT2D eigenvalue weighted by atomic mass is 16.5. The Bertz CT molecular complexity index is 237. The molecule has 1 aliphatic heterocycles. The third kappa shape index (κ3) is 4.72. The van der Waals surface area contributed by atoms with E-state index in [1.54, 1.807) is 0 Å². The van der Waals surface area contributed by atoms with E-state index in [4.69, 9.17) is 4.74 Å². The molecule has 5 nitrogen and oxygen atoms in total. The van der Waals surface area contributed by atoms with Crippen molar-refractivity contribution < 1.29 is 14.3 Å². The Kier molecular flexibility index (Phi) is 6.03. The molecule has 1 N–H and O–H groups in total. The van der Waals surface area contributed by atoms with Gasteiger partial charge in [0.25, 0.3) is 0 Å². The fourth-order valence-corrected chi connectivity index (χ4v) is 1.52. The van der Waals surface area contributed by atoms with Crippen LogP contribution in [0.3, 0.4) is 0 Å². The lowest BCUT2D eigenvalue weighted by Gasteiger charge is -2.26. The van der Waals surface area contributed by atoms with Gasteiger partial charge in [0.15, 0.2) is 0 Å². The Morgan fingerprint density at radius 1 is 1.31 bits per heavy atom. The molecule has 0 aliphatic carbocycles. The number of nitrogens with zero attached hydrogens (tertiary/aromatic N) is 1. The second-order valence-corrected chi connectivity index (χ2v) is 3.81. The van der Waals surface area contributed by atoms with E-state index in [2.05, 4.69) is 5.32 Å². The molecule has 0 aromatic heterocycles. The zero-order valence-electron chi connectivity index (χ0n) is 9.83. The largest absolute Gasteiger partial charge is 0.378 e. The molecule has 0 radical (unpaired) electrons. The summed E-state index contributed by atoms with van der Waals surface area (Å²) < 4.78 is 5.17. The van der Waals surface area contributed by atoms with Crippen molar-refractivity contribution in [2.24, 2.45) is 0 Å². The monoisotopic (exact) mass is 228 g/mol. The summed E-state index contributed by atoms with van der Waals surface area (Å²) in [6, 6.07) is 0. The minimum atomic E-state index is 0.139. The van der Waals surface area contributed by atoms with Crippen molar-refractivity contribution in [2.75, 3.05) is 39.4 Å². The number of carbonyl (C=O) groups is 2. The number of nitrogens with one attached hydrogen (secondary N) is 1. The molecule has 5 heteroatoms. The van der Waals surface area contributed by atoms with Crippen LogP contribution in [-0.2, 0) is 14.3 Å². The van der Waals surface area contributed by atoms with Crippen molar-refractivity contribution in [1.29, 1.82) is 0 Å². The summed E-state index contributed by atoms with van der Waals surface area (Å²) in [7, 11) is 0. The van der Waals surface area contributed by atoms with Crippen molar-refractivity contribution in [1.82, 2.24) is 10.2 Å². The summed E-state index contributed by atoms with van der Waals surface area (Å²) in [4.78, 5) is 24.5. The first-order valence-corrected chi connectivity index (χ1v) is 5.82. The van der Waals surface area contributed by atoms with Crippen molar-refractivity contribution in [3.8, 4) is 0 Å². The summed E-state index contributed by atoms with van der Waals surface area (Å²) in [5.74, 6) is 0.318. The first-order chi connectivity index (χ1) is 7.74. The van der Waals surface area contributed by atoms with Gasteiger partial charge in [0.05, 0.1) is 19.8 Å². The molecule has 1 fully saturated rings. The van der Waals surface area contributed by atoms with E-state index in [1.165, 1.54) is 0 Å². The van der Waals surface area contributed by atoms with Crippen LogP contribution in [0.4, 0.5) is 0 Å². The SMILES string of the molecule is CCC(=O)CNCCC(=O)N1CCOCC1. The molecule has 1 aliphatic rings. The summed E-state index contributed by atoms with van der Waals surface area (Å²) in [5, 5.41) is 2.98. The highest BCUT2D eigenvalue weighted by Gasteiger charge is 2.15. The topological polar surface area (TPSA) is 58.6 Å². The lowest BCUT2D eigenvalue weighted by molar-refractivity contribution is -0.135. The average Bonchev–Trinajstić information content (AvgIpc) is 2.35. The smallest absolute Gasteiger partial charge is 0.224 e. The van der Waals surface area contributed by atoms with Crippen LogP contribution in [0.2, 0.25) is 0 Å². The van der Waals surface area contributed by atoms with Crippen LogP contribution in [0, 0.1) is 0 Å². The fourth-order valence-electron chi connectivity index (χ4n) is 1.52. The van der Waals surface area contributed by atoms with Crippen LogP contribution in [-0.4, -0.2) is 56.0 Å². The lowest BCUT2D eigenvalue weighted by atomic mass is 10.3. The van der Waals surface area contributed by atoms with Crippen molar-refractivity contribution in [2.45, 2.75) is 19.8 Å². The Morgan fingerprint density at radius 2 is 2.00 bits per heavy atom. The van der Waals surface area contributed by atoms with Gasteiger partial charge in [-0.1, -0.05) is 6.92 Å². The molecule has 16 heavy (non-hydrogen) atoms. The van der Waals surface area contributed by atoms with E-state index in [1.807, 2.05) is 11.8 Å². The number of Topliss-reactive ketones (excluding diaryl/α,β-unsaturated/α-hetero) is 1. The van der Waals surface area contributed by atoms with Gasteiger partial charge in [-0.15, -0.1) is 0 Å². The first kappa shape index (κ1) is 13.1. The number of ketones is 1. The summed E-state index contributed by atoms with van der Waals surface area (Å²) in [5.41, 5.74) is 0. The second-order valence-electron chi connectivity index (χ2n) is 3.81.